The Morgan fingerprint density at radius 1 is 1.04 bits per heavy atom. The molecule has 3 heterocycles. The van der Waals surface area contributed by atoms with Gasteiger partial charge in [0.05, 0.1) is 27.0 Å². The molecular weight excluding hydrogens is 348 g/mol. The monoisotopic (exact) mass is 370 g/mol. The minimum Gasteiger partial charge on any atom is -0.370 e. The largest absolute Gasteiger partial charge is 0.370 e. The van der Waals surface area contributed by atoms with Gasteiger partial charge in [-0.2, -0.15) is 0 Å². The van der Waals surface area contributed by atoms with Crippen molar-refractivity contribution in [3.63, 3.8) is 0 Å². The molecule has 2 aromatic heterocycles. The number of hydrogen-bond donors (Lipinski definition) is 1. The van der Waals surface area contributed by atoms with E-state index >= 15 is 0 Å². The highest BCUT2D eigenvalue weighted by molar-refractivity contribution is 7.17. The molecule has 25 heavy (non-hydrogen) atoms. The van der Waals surface area contributed by atoms with Crippen LogP contribution in [0.5, 0.6) is 0 Å². The van der Waals surface area contributed by atoms with Crippen molar-refractivity contribution >= 4 is 39.2 Å². The van der Waals surface area contributed by atoms with Gasteiger partial charge in [0.2, 0.25) is 0 Å². The molecule has 130 valence electrons. The molecule has 0 atom stereocenters. The third-order valence-electron chi connectivity index (χ3n) is 4.49. The maximum absolute atomic E-state index is 4.83. The molecule has 4 rings (SSSR count). The van der Waals surface area contributed by atoms with Crippen LogP contribution in [-0.4, -0.2) is 23.1 Å². The maximum atomic E-state index is 4.83. The van der Waals surface area contributed by atoms with E-state index in [4.69, 9.17) is 4.98 Å². The Morgan fingerprint density at radius 2 is 1.84 bits per heavy atom. The number of nitrogens with one attached hydrogen (secondary N) is 1. The van der Waals surface area contributed by atoms with Gasteiger partial charge in [0.25, 0.3) is 0 Å². The molecule has 1 aliphatic heterocycles. The van der Waals surface area contributed by atoms with Gasteiger partial charge in [-0.05, 0) is 45.2 Å². The van der Waals surface area contributed by atoms with E-state index in [1.807, 2.05) is 13.1 Å². The van der Waals surface area contributed by atoms with Gasteiger partial charge in [-0.1, -0.05) is 12.1 Å². The Labute approximate surface area is 156 Å². The van der Waals surface area contributed by atoms with Gasteiger partial charge in [-0.25, -0.2) is 9.97 Å². The van der Waals surface area contributed by atoms with Crippen molar-refractivity contribution in [3.05, 3.63) is 40.3 Å². The van der Waals surface area contributed by atoms with Crippen LogP contribution in [0.4, 0.5) is 16.5 Å². The van der Waals surface area contributed by atoms with Crippen molar-refractivity contribution in [1.29, 1.82) is 0 Å². The molecule has 0 radical (unpaired) electrons. The second-order valence-electron chi connectivity index (χ2n) is 6.36. The summed E-state index contributed by atoms with van der Waals surface area (Å²) in [6.45, 7) is 6.44. The topological polar surface area (TPSA) is 41.1 Å². The van der Waals surface area contributed by atoms with Gasteiger partial charge >= 0.3 is 0 Å². The summed E-state index contributed by atoms with van der Waals surface area (Å²) in [7, 11) is 0. The molecule has 0 saturated carbocycles. The van der Waals surface area contributed by atoms with Crippen LogP contribution in [0.3, 0.4) is 0 Å². The number of anilines is 3. The molecule has 1 fully saturated rings. The molecule has 0 spiro atoms. The zero-order valence-corrected chi connectivity index (χ0v) is 16.2. The molecule has 1 saturated heterocycles. The smallest absolute Gasteiger partial charge is 0.188 e. The van der Waals surface area contributed by atoms with E-state index in [0.29, 0.717) is 0 Å². The van der Waals surface area contributed by atoms with Crippen LogP contribution >= 0.6 is 22.7 Å². The molecule has 6 heteroatoms. The highest BCUT2D eigenvalue weighted by Crippen LogP contribution is 2.36. The minimum atomic E-state index is 0.947. The van der Waals surface area contributed by atoms with Crippen LogP contribution < -0.4 is 10.2 Å². The minimum absolute atomic E-state index is 0.947. The zero-order chi connectivity index (χ0) is 17.2. The fourth-order valence-electron chi connectivity index (χ4n) is 3.25. The van der Waals surface area contributed by atoms with Gasteiger partial charge in [-0.3, -0.25) is 0 Å². The van der Waals surface area contributed by atoms with Crippen LogP contribution in [-0.2, 0) is 0 Å². The van der Waals surface area contributed by atoms with Crippen LogP contribution in [0, 0.1) is 13.8 Å². The lowest BCUT2D eigenvalue weighted by molar-refractivity contribution is 0.578. The quantitative estimate of drug-likeness (QED) is 0.647. The molecule has 1 aliphatic rings. The molecule has 1 aromatic carbocycles. The van der Waals surface area contributed by atoms with Gasteiger partial charge in [0.1, 0.15) is 0 Å². The first-order valence-electron chi connectivity index (χ1n) is 8.72. The lowest BCUT2D eigenvalue weighted by Gasteiger charge is -2.30. The van der Waals surface area contributed by atoms with Crippen molar-refractivity contribution in [2.24, 2.45) is 0 Å². The van der Waals surface area contributed by atoms with Gasteiger partial charge < -0.3 is 10.2 Å². The number of para-hydroxylation sites is 2. The summed E-state index contributed by atoms with van der Waals surface area (Å²) < 4.78 is 0. The fraction of sp³-hybridized carbons (Fsp3) is 0.368. The predicted octanol–water partition coefficient (Wildman–Crippen LogP) is 5.62. The Bertz CT molecular complexity index is 862. The molecule has 0 bridgehead atoms. The summed E-state index contributed by atoms with van der Waals surface area (Å²) in [5, 5.41) is 5.58. The number of aromatic nitrogens is 2. The SMILES string of the molecule is Cc1ncc(-c2nc(Nc3ccccc3N3CCCCC3)sc2C)s1. The van der Waals surface area contributed by atoms with Crippen LogP contribution in [0.1, 0.15) is 29.1 Å². The average molecular weight is 371 g/mol. The number of thiazole rings is 2. The van der Waals surface area contributed by atoms with E-state index in [2.05, 4.69) is 46.4 Å². The van der Waals surface area contributed by atoms with E-state index in [0.717, 1.165) is 39.5 Å². The first-order valence-corrected chi connectivity index (χ1v) is 10.4. The fourth-order valence-corrected chi connectivity index (χ4v) is 4.98. The summed E-state index contributed by atoms with van der Waals surface area (Å²) in [5.41, 5.74) is 3.48. The maximum Gasteiger partial charge on any atom is 0.188 e. The highest BCUT2D eigenvalue weighted by atomic mass is 32.1. The Balaban J connectivity index is 1.61. The Hall–Kier alpha value is -1.92. The number of rotatable bonds is 4. The molecular formula is C19H22N4S2. The van der Waals surface area contributed by atoms with Crippen LogP contribution in [0.25, 0.3) is 10.6 Å². The lowest BCUT2D eigenvalue weighted by atomic mass is 10.1. The first kappa shape index (κ1) is 16.5. The van der Waals surface area contributed by atoms with Crippen molar-refractivity contribution in [2.75, 3.05) is 23.3 Å². The number of nitrogens with zero attached hydrogens (tertiary/aromatic N) is 3. The zero-order valence-electron chi connectivity index (χ0n) is 14.6. The summed E-state index contributed by atoms with van der Waals surface area (Å²) in [4.78, 5) is 14.0. The van der Waals surface area contributed by atoms with Crippen LogP contribution in [0.2, 0.25) is 0 Å². The van der Waals surface area contributed by atoms with E-state index in [1.54, 1.807) is 22.7 Å². The van der Waals surface area contributed by atoms with Gasteiger partial charge in [0, 0.05) is 24.2 Å². The second kappa shape index (κ2) is 7.14. The number of hydrogen-bond acceptors (Lipinski definition) is 6. The van der Waals surface area contributed by atoms with Gasteiger partial charge in [0.15, 0.2) is 5.13 Å². The molecule has 0 amide bonds. The van der Waals surface area contributed by atoms with Crippen molar-refractivity contribution < 1.29 is 0 Å². The second-order valence-corrected chi connectivity index (χ2v) is 8.80. The molecule has 1 N–H and O–H groups in total. The number of piperidine rings is 1. The van der Waals surface area contributed by atoms with Crippen molar-refractivity contribution in [1.82, 2.24) is 9.97 Å². The third kappa shape index (κ3) is 3.55. The number of benzene rings is 1. The summed E-state index contributed by atoms with van der Waals surface area (Å²) in [5.74, 6) is 0. The standard InChI is InChI=1S/C19H22N4S2/c1-13-18(17-12-20-14(2)25-17)22-19(24-13)21-15-8-4-5-9-16(15)23-10-6-3-7-11-23/h4-5,8-9,12H,3,6-7,10-11H2,1-2H3,(H,21,22). The average Bonchev–Trinajstić information content (AvgIpc) is 3.21. The molecule has 3 aromatic rings. The van der Waals surface area contributed by atoms with Crippen molar-refractivity contribution in [2.45, 2.75) is 33.1 Å². The number of aryl methyl sites for hydroxylation is 2. The van der Waals surface area contributed by atoms with Gasteiger partial charge in [-0.15, -0.1) is 22.7 Å². The third-order valence-corrected chi connectivity index (χ3v) is 6.30. The molecule has 0 unspecified atom stereocenters. The summed E-state index contributed by atoms with van der Waals surface area (Å²) in [6.07, 6.45) is 5.82. The normalized spacial score (nSPS) is 14.7. The Kier molecular flexibility index (Phi) is 4.72. The van der Waals surface area contributed by atoms with Crippen molar-refractivity contribution in [3.8, 4) is 10.6 Å². The Morgan fingerprint density at radius 3 is 2.60 bits per heavy atom. The van der Waals surface area contributed by atoms with Crippen LogP contribution in [0.15, 0.2) is 30.5 Å². The van der Waals surface area contributed by atoms with E-state index in [9.17, 15) is 0 Å². The summed E-state index contributed by atoms with van der Waals surface area (Å²) >= 11 is 3.40. The van der Waals surface area contributed by atoms with E-state index in [1.165, 1.54) is 29.8 Å². The van der Waals surface area contributed by atoms with E-state index < -0.39 is 0 Å². The summed E-state index contributed by atoms with van der Waals surface area (Å²) in [6, 6.07) is 8.57. The molecule has 0 aliphatic carbocycles. The lowest BCUT2D eigenvalue weighted by Crippen LogP contribution is -2.29. The van der Waals surface area contributed by atoms with E-state index in [-0.39, 0.29) is 0 Å². The highest BCUT2D eigenvalue weighted by Gasteiger charge is 2.16. The predicted molar refractivity (Wildman–Crippen MR) is 108 cm³/mol. The first-order chi connectivity index (χ1) is 12.2. The molecule has 4 nitrogen and oxygen atoms in total.